The van der Waals surface area contributed by atoms with Gasteiger partial charge in [0.25, 0.3) is 0 Å². The monoisotopic (exact) mass is 417 g/mol. The van der Waals surface area contributed by atoms with Gasteiger partial charge in [-0.05, 0) is 62.1 Å². The van der Waals surface area contributed by atoms with E-state index in [-0.39, 0.29) is 12.2 Å². The summed E-state index contributed by atoms with van der Waals surface area (Å²) in [6, 6.07) is 16.1. The van der Waals surface area contributed by atoms with Crippen LogP contribution >= 0.6 is 0 Å². The number of hydrogen-bond donors (Lipinski definition) is 1. The van der Waals surface area contributed by atoms with E-state index in [1.165, 1.54) is 35.0 Å². The van der Waals surface area contributed by atoms with Gasteiger partial charge >= 0.3 is 5.97 Å². The number of aromatic nitrogens is 1. The minimum absolute atomic E-state index is 0.0658. The van der Waals surface area contributed by atoms with Gasteiger partial charge in [-0.3, -0.25) is 9.59 Å². The lowest BCUT2D eigenvalue weighted by Gasteiger charge is -2.12. The van der Waals surface area contributed by atoms with Gasteiger partial charge in [-0.15, -0.1) is 0 Å². The summed E-state index contributed by atoms with van der Waals surface area (Å²) in [7, 11) is 2.08. The number of aryl methyl sites for hydroxylation is 3. The molecule has 162 valence electrons. The average Bonchev–Trinajstić information content (AvgIpc) is 3.08. The number of benzene rings is 2. The van der Waals surface area contributed by atoms with E-state index in [1.807, 2.05) is 30.3 Å². The molecule has 0 radical (unpaired) electrons. The molecule has 3 aromatic rings. The molecule has 0 saturated heterocycles. The summed E-state index contributed by atoms with van der Waals surface area (Å²) in [6.07, 6.45) is 7.91. The maximum Gasteiger partial charge on any atom is 0.306 e. The lowest BCUT2D eigenvalue weighted by Crippen LogP contribution is -2.18. The van der Waals surface area contributed by atoms with Gasteiger partial charge in [0.1, 0.15) is 0 Å². The summed E-state index contributed by atoms with van der Waals surface area (Å²) in [5.41, 5.74) is 5.79. The Labute approximate surface area is 183 Å². The Morgan fingerprint density at radius 1 is 1.03 bits per heavy atom. The molecule has 31 heavy (non-hydrogen) atoms. The highest BCUT2D eigenvalue weighted by Crippen LogP contribution is 2.32. The van der Waals surface area contributed by atoms with E-state index in [4.69, 9.17) is 0 Å². The van der Waals surface area contributed by atoms with Crippen LogP contribution in [0, 0.1) is 5.92 Å². The summed E-state index contributed by atoms with van der Waals surface area (Å²) in [6.45, 7) is 0. The molecule has 1 heterocycles. The smallest absolute Gasteiger partial charge is 0.306 e. The maximum absolute atomic E-state index is 12.9. The van der Waals surface area contributed by atoms with Crippen molar-refractivity contribution in [3.8, 4) is 0 Å². The van der Waals surface area contributed by atoms with Crippen molar-refractivity contribution in [2.45, 2.75) is 57.8 Å². The van der Waals surface area contributed by atoms with E-state index in [0.29, 0.717) is 12.0 Å². The largest absolute Gasteiger partial charge is 0.481 e. The van der Waals surface area contributed by atoms with Crippen molar-refractivity contribution in [1.29, 1.82) is 0 Å². The zero-order chi connectivity index (χ0) is 21.8. The van der Waals surface area contributed by atoms with Gasteiger partial charge in [-0.25, -0.2) is 0 Å². The van der Waals surface area contributed by atoms with E-state index >= 15 is 0 Å². The summed E-state index contributed by atoms with van der Waals surface area (Å²) in [5.74, 6) is -1.57. The van der Waals surface area contributed by atoms with Gasteiger partial charge in [0.2, 0.25) is 0 Å². The Bertz CT molecular complexity index is 1080. The van der Waals surface area contributed by atoms with Crippen LogP contribution < -0.4 is 0 Å². The second-order valence-electron chi connectivity index (χ2n) is 8.82. The predicted molar refractivity (Wildman–Crippen MR) is 124 cm³/mol. The Morgan fingerprint density at radius 3 is 2.58 bits per heavy atom. The number of fused-ring (bicyclic) bond motifs is 3. The van der Waals surface area contributed by atoms with E-state index in [9.17, 15) is 14.7 Å². The molecule has 1 N–H and O–H groups in total. The molecule has 4 heteroatoms. The fraction of sp³-hybridized carbons (Fsp3) is 0.407. The molecule has 1 aliphatic rings. The predicted octanol–water partition coefficient (Wildman–Crippen LogP) is 5.74. The number of Topliss-reactive ketones (excluding diaryl/α,β-unsaturated/α-hetero) is 1. The molecular weight excluding hydrogens is 386 g/mol. The lowest BCUT2D eigenvalue weighted by molar-refractivity contribution is -0.141. The van der Waals surface area contributed by atoms with Gasteiger partial charge in [-0.2, -0.15) is 0 Å². The highest BCUT2D eigenvalue weighted by molar-refractivity contribution is 6.01. The number of aliphatic carboxylic acids is 1. The maximum atomic E-state index is 12.9. The Morgan fingerprint density at radius 2 is 1.81 bits per heavy atom. The van der Waals surface area contributed by atoms with Gasteiger partial charge in [-0.1, -0.05) is 48.9 Å². The van der Waals surface area contributed by atoms with Gasteiger partial charge in [0.15, 0.2) is 5.78 Å². The molecule has 0 aliphatic heterocycles. The number of carboxylic acid groups (broad SMARTS) is 1. The number of nitrogens with zero attached hydrogens (tertiary/aromatic N) is 1. The normalized spacial score (nSPS) is 14.4. The molecule has 0 spiro atoms. The fourth-order valence-corrected chi connectivity index (χ4v) is 4.95. The van der Waals surface area contributed by atoms with Gasteiger partial charge < -0.3 is 9.67 Å². The van der Waals surface area contributed by atoms with E-state index in [1.54, 1.807) is 0 Å². The molecule has 1 aliphatic carbocycles. The number of ketones is 1. The molecule has 0 saturated carbocycles. The first-order chi connectivity index (χ1) is 15.0. The van der Waals surface area contributed by atoms with Crippen molar-refractivity contribution in [2.24, 2.45) is 13.0 Å². The summed E-state index contributed by atoms with van der Waals surface area (Å²) >= 11 is 0. The molecule has 0 unspecified atom stereocenters. The van der Waals surface area contributed by atoms with Crippen molar-refractivity contribution in [3.05, 3.63) is 70.9 Å². The van der Waals surface area contributed by atoms with Crippen molar-refractivity contribution < 1.29 is 14.7 Å². The zero-order valence-electron chi connectivity index (χ0n) is 18.3. The molecule has 2 aromatic carbocycles. The lowest BCUT2D eigenvalue weighted by atomic mass is 9.92. The van der Waals surface area contributed by atoms with Crippen LogP contribution in [0.1, 0.15) is 65.7 Å². The Balaban J connectivity index is 1.41. The molecule has 4 nitrogen and oxygen atoms in total. The molecule has 1 atom stereocenters. The minimum Gasteiger partial charge on any atom is -0.481 e. The summed E-state index contributed by atoms with van der Waals surface area (Å²) in [5, 5.41) is 10.9. The van der Waals surface area contributed by atoms with Crippen LogP contribution in [0.5, 0.6) is 0 Å². The molecule has 1 aromatic heterocycles. The standard InChI is InChI=1S/C27H31NO3/c1-28-24-14-8-7-13-22(24)23-16-15-20(17-25(23)28)26(29)18-21(27(30)31)12-6-5-11-19-9-3-2-4-10-19/h2-4,9-10,15-17,21H,5-8,11-14,18H2,1H3,(H,30,31)/t21-/m0/s1. The van der Waals surface area contributed by atoms with Gasteiger partial charge in [0.05, 0.1) is 5.92 Å². The minimum atomic E-state index is -0.872. The van der Waals surface area contributed by atoms with E-state index in [0.717, 1.165) is 37.6 Å². The third kappa shape index (κ3) is 4.73. The van der Waals surface area contributed by atoms with Crippen LogP contribution in [0.2, 0.25) is 0 Å². The first kappa shape index (κ1) is 21.4. The Hall–Kier alpha value is -2.88. The van der Waals surface area contributed by atoms with E-state index in [2.05, 4.69) is 29.8 Å². The summed E-state index contributed by atoms with van der Waals surface area (Å²) < 4.78 is 2.22. The second kappa shape index (κ2) is 9.51. The fourth-order valence-electron chi connectivity index (χ4n) is 4.95. The van der Waals surface area contributed by atoms with Crippen LogP contribution in [-0.4, -0.2) is 21.4 Å². The topological polar surface area (TPSA) is 59.3 Å². The zero-order valence-corrected chi connectivity index (χ0v) is 18.3. The number of carbonyl (C=O) groups is 2. The van der Waals surface area contributed by atoms with Crippen LogP contribution in [0.25, 0.3) is 10.9 Å². The van der Waals surface area contributed by atoms with Crippen molar-refractivity contribution >= 4 is 22.7 Å². The second-order valence-corrected chi connectivity index (χ2v) is 8.82. The van der Waals surface area contributed by atoms with Crippen LogP contribution in [-0.2, 0) is 31.1 Å². The van der Waals surface area contributed by atoms with Crippen molar-refractivity contribution in [3.63, 3.8) is 0 Å². The van der Waals surface area contributed by atoms with Crippen molar-refractivity contribution in [1.82, 2.24) is 4.57 Å². The molecule has 0 amide bonds. The molecule has 4 rings (SSSR count). The molecule has 0 fully saturated rings. The SMILES string of the molecule is Cn1c2c(c3ccc(C(=O)C[C@H](CCCCc4ccccc4)C(=O)O)cc31)CCCC2. The van der Waals surface area contributed by atoms with E-state index < -0.39 is 11.9 Å². The third-order valence-corrected chi connectivity index (χ3v) is 6.74. The van der Waals surface area contributed by atoms with Crippen LogP contribution in [0.3, 0.4) is 0 Å². The first-order valence-electron chi connectivity index (χ1n) is 11.4. The number of hydrogen-bond acceptors (Lipinski definition) is 2. The number of rotatable bonds is 9. The van der Waals surface area contributed by atoms with Crippen LogP contribution in [0.4, 0.5) is 0 Å². The Kier molecular flexibility index (Phi) is 6.55. The number of carbonyl (C=O) groups excluding carboxylic acids is 1. The number of carboxylic acids is 1. The number of unbranched alkanes of at least 4 members (excludes halogenated alkanes) is 1. The van der Waals surface area contributed by atoms with Gasteiger partial charge in [0, 0.05) is 35.6 Å². The quantitative estimate of drug-likeness (QED) is 0.356. The average molecular weight is 418 g/mol. The highest BCUT2D eigenvalue weighted by atomic mass is 16.4. The third-order valence-electron chi connectivity index (χ3n) is 6.74. The molecule has 0 bridgehead atoms. The highest BCUT2D eigenvalue weighted by Gasteiger charge is 2.23. The van der Waals surface area contributed by atoms with Crippen LogP contribution in [0.15, 0.2) is 48.5 Å². The van der Waals surface area contributed by atoms with Crippen molar-refractivity contribution in [2.75, 3.05) is 0 Å². The molecular formula is C27H31NO3. The first-order valence-corrected chi connectivity index (χ1v) is 11.4. The summed E-state index contributed by atoms with van der Waals surface area (Å²) in [4.78, 5) is 24.7.